The molecule has 10 heavy (non-hydrogen) atoms. The van der Waals surface area contributed by atoms with Gasteiger partial charge in [-0.3, -0.25) is 4.79 Å². The molecule has 0 spiro atoms. The van der Waals surface area contributed by atoms with Crippen LogP contribution in [0.5, 0.6) is 0 Å². The smallest absolute Gasteiger partial charge is 0.303 e. The normalized spacial score (nSPS) is 13.8. The molecule has 0 bridgehead atoms. The minimum atomic E-state index is -0.712. The summed E-state index contributed by atoms with van der Waals surface area (Å²) in [5, 5.41) is 8.31. The quantitative estimate of drug-likeness (QED) is 0.610. The highest BCUT2D eigenvalue weighted by molar-refractivity contribution is 5.66. The van der Waals surface area contributed by atoms with Gasteiger partial charge in [0.15, 0.2) is 0 Å². The zero-order chi connectivity index (χ0) is 7.98. The van der Waals surface area contributed by atoms with E-state index in [0.29, 0.717) is 5.92 Å². The van der Waals surface area contributed by atoms with Crippen molar-refractivity contribution in [1.29, 1.82) is 0 Å². The summed E-state index contributed by atoms with van der Waals surface area (Å²) in [6.45, 7) is 3.96. The van der Waals surface area contributed by atoms with Gasteiger partial charge in [0.2, 0.25) is 0 Å². The number of hydrogen-bond donors (Lipinski definition) is 1. The van der Waals surface area contributed by atoms with Crippen molar-refractivity contribution in [3.05, 3.63) is 12.2 Å². The standard InChI is InChI=1S/C8H14O2/c1-3-4-7(2)5-6-8(9)10/h3-4,7H,5-6H2,1-2H3,(H,9,10)/b4-3+/t7-/m1/s1. The molecular formula is C8H14O2. The van der Waals surface area contributed by atoms with Gasteiger partial charge in [0.05, 0.1) is 0 Å². The highest BCUT2D eigenvalue weighted by Gasteiger charge is 2.00. The Kier molecular flexibility index (Phi) is 4.63. The van der Waals surface area contributed by atoms with E-state index in [1.807, 2.05) is 26.0 Å². The first kappa shape index (κ1) is 9.21. The molecule has 0 heterocycles. The molecule has 2 nitrogen and oxygen atoms in total. The Bertz CT molecular complexity index is 127. The van der Waals surface area contributed by atoms with Crippen molar-refractivity contribution < 1.29 is 9.90 Å². The Labute approximate surface area is 61.6 Å². The second-order valence-corrected chi connectivity index (χ2v) is 2.44. The Morgan fingerprint density at radius 1 is 1.70 bits per heavy atom. The van der Waals surface area contributed by atoms with Crippen LogP contribution in [0.15, 0.2) is 12.2 Å². The Hall–Kier alpha value is -0.790. The minimum absolute atomic E-state index is 0.269. The minimum Gasteiger partial charge on any atom is -0.481 e. The summed E-state index contributed by atoms with van der Waals surface area (Å²) in [4.78, 5) is 10.1. The molecule has 0 aliphatic heterocycles. The Morgan fingerprint density at radius 2 is 2.30 bits per heavy atom. The van der Waals surface area contributed by atoms with Gasteiger partial charge in [0, 0.05) is 6.42 Å². The lowest BCUT2D eigenvalue weighted by atomic mass is 10.1. The van der Waals surface area contributed by atoms with E-state index in [9.17, 15) is 4.79 Å². The molecular weight excluding hydrogens is 128 g/mol. The molecule has 2 heteroatoms. The number of aliphatic carboxylic acids is 1. The molecule has 0 rings (SSSR count). The third kappa shape index (κ3) is 5.35. The maximum Gasteiger partial charge on any atom is 0.303 e. The number of rotatable bonds is 4. The molecule has 0 aliphatic carbocycles. The molecule has 0 radical (unpaired) electrons. The Balaban J connectivity index is 3.39. The van der Waals surface area contributed by atoms with E-state index in [4.69, 9.17) is 5.11 Å². The van der Waals surface area contributed by atoms with Gasteiger partial charge in [-0.05, 0) is 19.3 Å². The predicted molar refractivity (Wildman–Crippen MR) is 40.8 cm³/mol. The van der Waals surface area contributed by atoms with Crippen LogP contribution in [0.2, 0.25) is 0 Å². The van der Waals surface area contributed by atoms with Crippen molar-refractivity contribution in [3.63, 3.8) is 0 Å². The maximum absolute atomic E-state index is 10.1. The molecule has 0 saturated carbocycles. The summed E-state index contributed by atoms with van der Waals surface area (Å²) in [5.74, 6) is -0.322. The largest absolute Gasteiger partial charge is 0.481 e. The van der Waals surface area contributed by atoms with Crippen molar-refractivity contribution in [3.8, 4) is 0 Å². The lowest BCUT2D eigenvalue weighted by Gasteiger charge is -2.00. The molecule has 1 atom stereocenters. The van der Waals surface area contributed by atoms with Crippen LogP contribution >= 0.6 is 0 Å². The van der Waals surface area contributed by atoms with Gasteiger partial charge in [-0.2, -0.15) is 0 Å². The monoisotopic (exact) mass is 142 g/mol. The van der Waals surface area contributed by atoms with Crippen LogP contribution in [0.3, 0.4) is 0 Å². The van der Waals surface area contributed by atoms with Crippen LogP contribution in [0.4, 0.5) is 0 Å². The van der Waals surface area contributed by atoms with Crippen molar-refractivity contribution >= 4 is 5.97 Å². The zero-order valence-corrected chi connectivity index (χ0v) is 6.50. The number of carboxylic acid groups (broad SMARTS) is 1. The molecule has 1 N–H and O–H groups in total. The molecule has 0 saturated heterocycles. The number of allylic oxidation sites excluding steroid dienone is 2. The van der Waals surface area contributed by atoms with Crippen molar-refractivity contribution in [1.82, 2.24) is 0 Å². The van der Waals surface area contributed by atoms with E-state index < -0.39 is 5.97 Å². The molecule has 0 aromatic carbocycles. The first-order chi connectivity index (χ1) is 4.66. The highest BCUT2D eigenvalue weighted by Crippen LogP contribution is 2.06. The molecule has 0 unspecified atom stereocenters. The third-order valence-corrected chi connectivity index (χ3v) is 1.33. The van der Waals surface area contributed by atoms with E-state index in [-0.39, 0.29) is 6.42 Å². The lowest BCUT2D eigenvalue weighted by molar-refractivity contribution is -0.137. The van der Waals surface area contributed by atoms with E-state index in [1.165, 1.54) is 0 Å². The van der Waals surface area contributed by atoms with Crippen molar-refractivity contribution in [2.75, 3.05) is 0 Å². The second-order valence-electron chi connectivity index (χ2n) is 2.44. The fraction of sp³-hybridized carbons (Fsp3) is 0.625. The molecule has 0 aromatic rings. The summed E-state index contributed by atoms with van der Waals surface area (Å²) in [6.07, 6.45) is 4.97. The van der Waals surface area contributed by atoms with Crippen molar-refractivity contribution in [2.45, 2.75) is 26.7 Å². The van der Waals surface area contributed by atoms with Crippen LogP contribution in [0, 0.1) is 5.92 Å². The Morgan fingerprint density at radius 3 is 2.70 bits per heavy atom. The average molecular weight is 142 g/mol. The molecule has 0 fully saturated rings. The van der Waals surface area contributed by atoms with Gasteiger partial charge in [-0.1, -0.05) is 19.1 Å². The number of carboxylic acids is 1. The fourth-order valence-electron chi connectivity index (χ4n) is 0.776. The van der Waals surface area contributed by atoms with Gasteiger partial charge in [-0.25, -0.2) is 0 Å². The van der Waals surface area contributed by atoms with E-state index in [1.54, 1.807) is 0 Å². The summed E-state index contributed by atoms with van der Waals surface area (Å²) < 4.78 is 0. The summed E-state index contributed by atoms with van der Waals surface area (Å²) in [5.41, 5.74) is 0. The lowest BCUT2D eigenvalue weighted by Crippen LogP contribution is -1.98. The van der Waals surface area contributed by atoms with Crippen LogP contribution in [-0.4, -0.2) is 11.1 Å². The maximum atomic E-state index is 10.1. The fourth-order valence-corrected chi connectivity index (χ4v) is 0.776. The second kappa shape index (κ2) is 5.03. The van der Waals surface area contributed by atoms with Gasteiger partial charge in [-0.15, -0.1) is 0 Å². The summed E-state index contributed by atoms with van der Waals surface area (Å²) in [7, 11) is 0. The third-order valence-electron chi connectivity index (χ3n) is 1.33. The summed E-state index contributed by atoms with van der Waals surface area (Å²) in [6, 6.07) is 0. The van der Waals surface area contributed by atoms with Gasteiger partial charge < -0.3 is 5.11 Å². The highest BCUT2D eigenvalue weighted by atomic mass is 16.4. The topological polar surface area (TPSA) is 37.3 Å². The zero-order valence-electron chi connectivity index (χ0n) is 6.50. The van der Waals surface area contributed by atoms with Crippen molar-refractivity contribution in [2.24, 2.45) is 5.92 Å². The molecule has 0 aliphatic rings. The number of hydrogen-bond acceptors (Lipinski definition) is 1. The van der Waals surface area contributed by atoms with Gasteiger partial charge in [0.1, 0.15) is 0 Å². The van der Waals surface area contributed by atoms with Gasteiger partial charge in [0.25, 0.3) is 0 Å². The SMILES string of the molecule is C/C=C/[C@@H](C)CCC(=O)O. The molecule has 58 valence electrons. The van der Waals surface area contributed by atoms with Crippen LogP contribution in [0.25, 0.3) is 0 Å². The number of carbonyl (C=O) groups is 1. The average Bonchev–Trinajstić information content (AvgIpc) is 1.85. The molecule has 0 amide bonds. The van der Waals surface area contributed by atoms with Crippen LogP contribution in [-0.2, 0) is 4.79 Å². The van der Waals surface area contributed by atoms with E-state index in [2.05, 4.69) is 0 Å². The first-order valence-corrected chi connectivity index (χ1v) is 3.51. The van der Waals surface area contributed by atoms with Gasteiger partial charge >= 0.3 is 5.97 Å². The molecule has 0 aromatic heterocycles. The first-order valence-electron chi connectivity index (χ1n) is 3.51. The van der Waals surface area contributed by atoms with E-state index in [0.717, 1.165) is 6.42 Å². The van der Waals surface area contributed by atoms with E-state index >= 15 is 0 Å². The summed E-state index contributed by atoms with van der Waals surface area (Å²) >= 11 is 0. The predicted octanol–water partition coefficient (Wildman–Crippen LogP) is 2.06. The van der Waals surface area contributed by atoms with Crippen LogP contribution < -0.4 is 0 Å². The van der Waals surface area contributed by atoms with Crippen LogP contribution in [0.1, 0.15) is 26.7 Å².